The topological polar surface area (TPSA) is 126 Å². The van der Waals surface area contributed by atoms with Crippen molar-refractivity contribution >= 4 is 0 Å². The predicted molar refractivity (Wildman–Crippen MR) is 101 cm³/mol. The Morgan fingerprint density at radius 1 is 1.25 bits per heavy atom. The van der Waals surface area contributed by atoms with Crippen LogP contribution in [0.1, 0.15) is 17.4 Å². The van der Waals surface area contributed by atoms with Gasteiger partial charge in [-0.2, -0.15) is 0 Å². The Hall–Kier alpha value is -2.30. The van der Waals surface area contributed by atoms with Gasteiger partial charge in [0, 0.05) is 18.3 Å². The van der Waals surface area contributed by atoms with Crippen molar-refractivity contribution in [2.45, 2.75) is 44.2 Å². The Morgan fingerprint density at radius 3 is 2.64 bits per heavy atom. The lowest BCUT2D eigenvalue weighted by molar-refractivity contribution is -0.111. The molecular weight excluding hydrogens is 366 g/mol. The van der Waals surface area contributed by atoms with Gasteiger partial charge < -0.3 is 25.0 Å². The summed E-state index contributed by atoms with van der Waals surface area (Å²) in [5, 5.41) is 24.0. The van der Waals surface area contributed by atoms with Gasteiger partial charge in [-0.25, -0.2) is 4.79 Å². The van der Waals surface area contributed by atoms with Crippen molar-refractivity contribution in [2.75, 3.05) is 13.6 Å². The molecule has 9 heteroatoms. The maximum Gasteiger partial charge on any atom is 0.330 e. The molecule has 9 nitrogen and oxygen atoms in total. The van der Waals surface area contributed by atoms with E-state index in [-0.39, 0.29) is 0 Å². The van der Waals surface area contributed by atoms with Gasteiger partial charge in [-0.15, -0.1) is 0 Å². The number of hydrogen-bond donors (Lipinski definition) is 4. The van der Waals surface area contributed by atoms with Gasteiger partial charge in [-0.05, 0) is 19.5 Å². The van der Waals surface area contributed by atoms with Crippen LogP contribution in [0.25, 0.3) is 0 Å². The molecule has 3 rings (SSSR count). The third kappa shape index (κ3) is 4.23. The van der Waals surface area contributed by atoms with Crippen LogP contribution in [0.3, 0.4) is 0 Å². The molecule has 0 aliphatic carbocycles. The summed E-state index contributed by atoms with van der Waals surface area (Å²) in [7, 11) is 1.74. The zero-order chi connectivity index (χ0) is 20.3. The minimum Gasteiger partial charge on any atom is -0.387 e. The van der Waals surface area contributed by atoms with Crippen LogP contribution in [-0.2, 0) is 16.1 Å². The smallest absolute Gasteiger partial charge is 0.330 e. The monoisotopic (exact) mass is 391 g/mol. The number of aliphatic hydroxyl groups is 2. The van der Waals surface area contributed by atoms with E-state index in [9.17, 15) is 19.8 Å². The number of ether oxygens (including phenoxy) is 2. The Balaban J connectivity index is 1.80. The number of aromatic nitrogens is 2. The second-order valence-corrected chi connectivity index (χ2v) is 6.84. The van der Waals surface area contributed by atoms with Crippen LogP contribution in [0.4, 0.5) is 0 Å². The zero-order valence-electron chi connectivity index (χ0n) is 15.7. The van der Waals surface area contributed by atoms with Crippen molar-refractivity contribution in [1.82, 2.24) is 14.9 Å². The Morgan fingerprint density at radius 2 is 1.96 bits per heavy atom. The normalized spacial score (nSPS) is 25.7. The van der Waals surface area contributed by atoms with Crippen molar-refractivity contribution in [3.05, 3.63) is 68.5 Å². The predicted octanol–water partition coefficient (Wildman–Crippen LogP) is -0.731. The summed E-state index contributed by atoms with van der Waals surface area (Å²) in [6, 6.07) is 9.55. The van der Waals surface area contributed by atoms with Gasteiger partial charge in [0.25, 0.3) is 5.56 Å². The van der Waals surface area contributed by atoms with Crippen LogP contribution < -0.4 is 16.6 Å². The van der Waals surface area contributed by atoms with Gasteiger partial charge >= 0.3 is 5.69 Å². The third-order valence-corrected chi connectivity index (χ3v) is 4.77. The standard InChI is InChI=1S/C19H25N3O6/c1-11-9-22(19(26)21-17(11)25)18-15(24)14(23)16(28-18)13(8-20-2)27-10-12-6-4-3-5-7-12/h3-7,9,13-16,18,20,23-24H,8,10H2,1-2H3,(H,21,25,26)/t13?,14-,15+,16+,18?/m0/s1. The first kappa shape index (κ1) is 20.4. The molecule has 0 saturated carbocycles. The van der Waals surface area contributed by atoms with Crippen molar-refractivity contribution in [1.29, 1.82) is 0 Å². The largest absolute Gasteiger partial charge is 0.387 e. The summed E-state index contributed by atoms with van der Waals surface area (Å²) >= 11 is 0. The highest BCUT2D eigenvalue weighted by Crippen LogP contribution is 2.31. The van der Waals surface area contributed by atoms with Crippen molar-refractivity contribution < 1.29 is 19.7 Å². The van der Waals surface area contributed by atoms with Crippen molar-refractivity contribution in [3.8, 4) is 0 Å². The first-order valence-electron chi connectivity index (χ1n) is 9.06. The molecule has 1 aliphatic rings. The van der Waals surface area contributed by atoms with Crippen molar-refractivity contribution in [3.63, 3.8) is 0 Å². The average Bonchev–Trinajstić information content (AvgIpc) is 2.97. The minimum absolute atomic E-state index is 0.292. The Kier molecular flexibility index (Phi) is 6.42. The van der Waals surface area contributed by atoms with E-state index in [2.05, 4.69) is 10.3 Å². The molecule has 5 atom stereocenters. The van der Waals surface area contributed by atoms with Gasteiger partial charge in [0.05, 0.1) is 12.7 Å². The maximum absolute atomic E-state index is 12.1. The molecule has 152 valence electrons. The highest BCUT2D eigenvalue weighted by Gasteiger charge is 2.47. The van der Waals surface area contributed by atoms with Gasteiger partial charge in [-0.3, -0.25) is 14.3 Å². The highest BCUT2D eigenvalue weighted by molar-refractivity contribution is 5.13. The number of aliphatic hydroxyl groups excluding tert-OH is 2. The lowest BCUT2D eigenvalue weighted by Crippen LogP contribution is -2.44. The van der Waals surface area contributed by atoms with E-state index in [0.29, 0.717) is 18.7 Å². The second-order valence-electron chi connectivity index (χ2n) is 6.84. The number of aromatic amines is 1. The van der Waals surface area contributed by atoms with Crippen LogP contribution >= 0.6 is 0 Å². The first-order chi connectivity index (χ1) is 13.4. The van der Waals surface area contributed by atoms with E-state index < -0.39 is 41.9 Å². The number of aryl methyl sites for hydroxylation is 1. The molecule has 2 unspecified atom stereocenters. The molecule has 1 aliphatic heterocycles. The summed E-state index contributed by atoms with van der Waals surface area (Å²) in [5.41, 5.74) is 0.0223. The lowest BCUT2D eigenvalue weighted by atomic mass is 10.1. The number of nitrogens with one attached hydrogen (secondary N) is 2. The second kappa shape index (κ2) is 8.80. The number of benzene rings is 1. The molecule has 4 N–H and O–H groups in total. The van der Waals surface area contributed by atoms with Crippen LogP contribution in [0.5, 0.6) is 0 Å². The highest BCUT2D eigenvalue weighted by atomic mass is 16.6. The van der Waals surface area contributed by atoms with E-state index in [4.69, 9.17) is 9.47 Å². The van der Waals surface area contributed by atoms with Gasteiger partial charge in [-0.1, -0.05) is 30.3 Å². The van der Waals surface area contributed by atoms with Gasteiger partial charge in [0.2, 0.25) is 0 Å². The summed E-state index contributed by atoms with van der Waals surface area (Å²) in [6.07, 6.45) is -3.88. The summed E-state index contributed by atoms with van der Waals surface area (Å²) in [5.74, 6) is 0. The van der Waals surface area contributed by atoms with Gasteiger partial charge in [0.1, 0.15) is 18.3 Å². The molecule has 0 bridgehead atoms. The summed E-state index contributed by atoms with van der Waals surface area (Å²) < 4.78 is 12.8. The maximum atomic E-state index is 12.1. The molecule has 1 aromatic heterocycles. The van der Waals surface area contributed by atoms with Crippen molar-refractivity contribution in [2.24, 2.45) is 0 Å². The quantitative estimate of drug-likeness (QED) is 0.490. The van der Waals surface area contributed by atoms with Crippen LogP contribution in [0.15, 0.2) is 46.1 Å². The van der Waals surface area contributed by atoms with E-state index in [1.807, 2.05) is 30.3 Å². The molecule has 1 aromatic carbocycles. The van der Waals surface area contributed by atoms with Crippen LogP contribution in [0, 0.1) is 6.92 Å². The van der Waals surface area contributed by atoms with E-state index in [0.717, 1.165) is 10.1 Å². The lowest BCUT2D eigenvalue weighted by Gasteiger charge is -2.26. The van der Waals surface area contributed by atoms with E-state index >= 15 is 0 Å². The molecule has 0 spiro atoms. The van der Waals surface area contributed by atoms with E-state index in [1.165, 1.54) is 13.1 Å². The number of H-pyrrole nitrogens is 1. The number of rotatable bonds is 7. The molecule has 1 saturated heterocycles. The SMILES string of the molecule is CNCC(OCc1ccccc1)[C@H]1OC(n2cc(C)c(=O)[nH]c2=O)[C@H](O)[C@@H]1O. The molecule has 0 radical (unpaired) electrons. The molecule has 2 aromatic rings. The Bertz CT molecular complexity index is 897. The molecule has 2 heterocycles. The molecule has 0 amide bonds. The summed E-state index contributed by atoms with van der Waals surface area (Å²) in [6.45, 7) is 2.21. The minimum atomic E-state index is -1.35. The Labute approximate surface area is 161 Å². The zero-order valence-corrected chi connectivity index (χ0v) is 15.7. The van der Waals surface area contributed by atoms with E-state index in [1.54, 1.807) is 7.05 Å². The number of likely N-dealkylation sites (N-methyl/N-ethyl adjacent to an activating group) is 1. The van der Waals surface area contributed by atoms with Gasteiger partial charge in [0.15, 0.2) is 6.23 Å². The summed E-state index contributed by atoms with van der Waals surface area (Å²) in [4.78, 5) is 25.9. The van der Waals surface area contributed by atoms with Crippen LogP contribution in [-0.4, -0.2) is 57.8 Å². The average molecular weight is 391 g/mol. The molecule has 28 heavy (non-hydrogen) atoms. The first-order valence-corrected chi connectivity index (χ1v) is 9.06. The fourth-order valence-electron chi connectivity index (χ4n) is 3.25. The third-order valence-electron chi connectivity index (χ3n) is 4.77. The fraction of sp³-hybridized carbons (Fsp3) is 0.474. The number of nitrogens with zero attached hydrogens (tertiary/aromatic N) is 1. The molecule has 1 fully saturated rings. The van der Waals surface area contributed by atoms with Crippen LogP contribution in [0.2, 0.25) is 0 Å². The number of hydrogen-bond acceptors (Lipinski definition) is 7. The fourth-order valence-corrected chi connectivity index (χ4v) is 3.25. The molecular formula is C19H25N3O6.